The van der Waals surface area contributed by atoms with Crippen LogP contribution in [0.15, 0.2) is 29.3 Å². The molecule has 0 aromatic carbocycles. The lowest BCUT2D eigenvalue weighted by atomic mass is 10.2. The molecule has 22 heavy (non-hydrogen) atoms. The molecule has 0 bridgehead atoms. The average molecular weight is 300 g/mol. The number of amides is 1. The van der Waals surface area contributed by atoms with Gasteiger partial charge in [-0.25, -0.2) is 4.98 Å². The number of nitrogens with one attached hydrogen (secondary N) is 1. The molecule has 2 aromatic heterocycles. The maximum atomic E-state index is 12.4. The van der Waals surface area contributed by atoms with E-state index in [1.165, 1.54) is 23.4 Å². The van der Waals surface area contributed by atoms with Crippen molar-refractivity contribution in [3.05, 3.63) is 46.0 Å². The van der Waals surface area contributed by atoms with Crippen molar-refractivity contribution >= 4 is 11.6 Å². The lowest BCUT2D eigenvalue weighted by Gasteiger charge is -2.14. The number of carbonyl (C=O) groups is 1. The van der Waals surface area contributed by atoms with Gasteiger partial charge in [-0.05, 0) is 44.5 Å². The molecule has 3 rings (SSSR count). The highest BCUT2D eigenvalue weighted by Gasteiger charge is 2.15. The summed E-state index contributed by atoms with van der Waals surface area (Å²) in [5.74, 6) is -0.354. The standard InChI is InChI=1S/C16H20N4O2/c1-12-5-4-9-20-14(12)18-11-13(16(20)22)15(21)17-6-10-19-7-2-3-8-19/h4-5,9,11H,2-3,6-8,10H2,1H3,(H,17,21). The summed E-state index contributed by atoms with van der Waals surface area (Å²) in [6.07, 6.45) is 5.46. The normalized spacial score (nSPS) is 15.3. The topological polar surface area (TPSA) is 66.7 Å². The highest BCUT2D eigenvalue weighted by Crippen LogP contribution is 2.06. The van der Waals surface area contributed by atoms with Crippen molar-refractivity contribution in [3.63, 3.8) is 0 Å². The van der Waals surface area contributed by atoms with Crippen LogP contribution in [-0.2, 0) is 0 Å². The van der Waals surface area contributed by atoms with Crippen LogP contribution in [-0.4, -0.2) is 46.4 Å². The Morgan fingerprint density at radius 1 is 1.36 bits per heavy atom. The highest BCUT2D eigenvalue weighted by molar-refractivity contribution is 5.93. The average Bonchev–Trinajstić information content (AvgIpc) is 3.02. The summed E-state index contributed by atoms with van der Waals surface area (Å²) >= 11 is 0. The van der Waals surface area contributed by atoms with Crippen molar-refractivity contribution in [2.75, 3.05) is 26.2 Å². The monoisotopic (exact) mass is 300 g/mol. The van der Waals surface area contributed by atoms with Gasteiger partial charge in [0, 0.05) is 25.5 Å². The highest BCUT2D eigenvalue weighted by atomic mass is 16.2. The molecule has 2 aromatic rings. The van der Waals surface area contributed by atoms with E-state index in [1.54, 1.807) is 12.3 Å². The molecule has 0 atom stereocenters. The fourth-order valence-electron chi connectivity index (χ4n) is 2.83. The third kappa shape index (κ3) is 2.87. The lowest BCUT2D eigenvalue weighted by Crippen LogP contribution is -2.36. The second-order valence-electron chi connectivity index (χ2n) is 5.67. The fraction of sp³-hybridized carbons (Fsp3) is 0.438. The third-order valence-electron chi connectivity index (χ3n) is 4.08. The van der Waals surface area contributed by atoms with Gasteiger partial charge in [-0.2, -0.15) is 0 Å². The second-order valence-corrected chi connectivity index (χ2v) is 5.67. The molecule has 0 unspecified atom stereocenters. The SMILES string of the molecule is Cc1cccn2c(=O)c(C(=O)NCCN3CCCC3)cnc12. The van der Waals surface area contributed by atoms with E-state index in [1.807, 2.05) is 13.0 Å². The summed E-state index contributed by atoms with van der Waals surface area (Å²) in [6, 6.07) is 3.66. The lowest BCUT2D eigenvalue weighted by molar-refractivity contribution is 0.0947. The molecule has 1 aliphatic rings. The van der Waals surface area contributed by atoms with Crippen LogP contribution in [0.3, 0.4) is 0 Å². The van der Waals surface area contributed by atoms with Gasteiger partial charge < -0.3 is 10.2 Å². The minimum absolute atomic E-state index is 0.0875. The van der Waals surface area contributed by atoms with Crippen molar-refractivity contribution < 1.29 is 4.79 Å². The molecule has 1 saturated heterocycles. The van der Waals surface area contributed by atoms with Crippen LogP contribution in [0.25, 0.3) is 5.65 Å². The van der Waals surface area contributed by atoms with Gasteiger partial charge in [0.05, 0.1) is 0 Å². The van der Waals surface area contributed by atoms with E-state index in [2.05, 4.69) is 15.2 Å². The van der Waals surface area contributed by atoms with Crippen molar-refractivity contribution in [2.45, 2.75) is 19.8 Å². The zero-order valence-electron chi connectivity index (χ0n) is 12.7. The van der Waals surface area contributed by atoms with Crippen LogP contribution in [0.2, 0.25) is 0 Å². The maximum absolute atomic E-state index is 12.4. The zero-order valence-corrected chi connectivity index (χ0v) is 12.7. The molecule has 1 fully saturated rings. The number of fused-ring (bicyclic) bond motifs is 1. The minimum atomic E-state index is -0.354. The molecule has 6 nitrogen and oxygen atoms in total. The van der Waals surface area contributed by atoms with Crippen molar-refractivity contribution in [2.24, 2.45) is 0 Å². The Morgan fingerprint density at radius 3 is 2.91 bits per heavy atom. The number of hydrogen-bond donors (Lipinski definition) is 1. The summed E-state index contributed by atoms with van der Waals surface area (Å²) in [5, 5.41) is 2.81. The van der Waals surface area contributed by atoms with Crippen LogP contribution in [0.5, 0.6) is 0 Å². The summed E-state index contributed by atoms with van der Waals surface area (Å²) < 4.78 is 1.42. The first kappa shape index (κ1) is 14.7. The molecule has 0 radical (unpaired) electrons. The number of aryl methyl sites for hydroxylation is 1. The Labute approximate surface area is 128 Å². The number of pyridine rings is 1. The van der Waals surface area contributed by atoms with E-state index >= 15 is 0 Å². The predicted octanol–water partition coefficient (Wildman–Crippen LogP) is 0.829. The number of carbonyl (C=O) groups excluding carboxylic acids is 1. The summed E-state index contributed by atoms with van der Waals surface area (Å²) in [4.78, 5) is 31.1. The van der Waals surface area contributed by atoms with Gasteiger partial charge in [0.2, 0.25) is 0 Å². The van der Waals surface area contributed by atoms with E-state index in [0.29, 0.717) is 12.2 Å². The van der Waals surface area contributed by atoms with Gasteiger partial charge in [-0.15, -0.1) is 0 Å². The fourth-order valence-corrected chi connectivity index (χ4v) is 2.83. The number of likely N-dealkylation sites (tertiary alicyclic amines) is 1. The van der Waals surface area contributed by atoms with Crippen molar-refractivity contribution in [1.29, 1.82) is 0 Å². The van der Waals surface area contributed by atoms with Gasteiger partial charge in [0.15, 0.2) is 0 Å². The van der Waals surface area contributed by atoms with Gasteiger partial charge in [0.25, 0.3) is 11.5 Å². The van der Waals surface area contributed by atoms with Crippen molar-refractivity contribution in [1.82, 2.24) is 19.6 Å². The van der Waals surface area contributed by atoms with E-state index in [0.717, 1.165) is 25.2 Å². The molecule has 1 amide bonds. The first-order valence-electron chi connectivity index (χ1n) is 7.64. The third-order valence-corrected chi connectivity index (χ3v) is 4.08. The van der Waals surface area contributed by atoms with Crippen LogP contribution >= 0.6 is 0 Å². The minimum Gasteiger partial charge on any atom is -0.351 e. The number of aromatic nitrogens is 2. The molecular formula is C16H20N4O2. The Morgan fingerprint density at radius 2 is 2.14 bits per heavy atom. The second kappa shape index (κ2) is 6.27. The first-order valence-corrected chi connectivity index (χ1v) is 7.64. The predicted molar refractivity (Wildman–Crippen MR) is 84.2 cm³/mol. The van der Waals surface area contributed by atoms with Gasteiger partial charge in [-0.1, -0.05) is 6.07 Å². The van der Waals surface area contributed by atoms with E-state index < -0.39 is 0 Å². The molecule has 3 heterocycles. The van der Waals surface area contributed by atoms with Gasteiger partial charge >= 0.3 is 0 Å². The number of hydrogen-bond acceptors (Lipinski definition) is 4. The molecule has 1 aliphatic heterocycles. The maximum Gasteiger partial charge on any atom is 0.270 e. The molecule has 0 spiro atoms. The van der Waals surface area contributed by atoms with Crippen LogP contribution in [0.4, 0.5) is 0 Å². The van der Waals surface area contributed by atoms with Crippen LogP contribution in [0, 0.1) is 6.92 Å². The molecular weight excluding hydrogens is 280 g/mol. The summed E-state index contributed by atoms with van der Waals surface area (Å²) in [6.45, 7) is 5.45. The van der Waals surface area contributed by atoms with Gasteiger partial charge in [0.1, 0.15) is 11.2 Å². The smallest absolute Gasteiger partial charge is 0.270 e. The molecule has 116 valence electrons. The Balaban J connectivity index is 1.73. The van der Waals surface area contributed by atoms with Crippen LogP contribution in [0.1, 0.15) is 28.8 Å². The largest absolute Gasteiger partial charge is 0.351 e. The summed E-state index contributed by atoms with van der Waals surface area (Å²) in [7, 11) is 0. The number of rotatable bonds is 4. The quantitative estimate of drug-likeness (QED) is 0.908. The Bertz CT molecular complexity index is 747. The molecule has 0 saturated carbocycles. The summed E-state index contributed by atoms with van der Waals surface area (Å²) in [5.41, 5.74) is 1.25. The van der Waals surface area contributed by atoms with E-state index in [-0.39, 0.29) is 17.0 Å². The zero-order chi connectivity index (χ0) is 15.5. The van der Waals surface area contributed by atoms with E-state index in [9.17, 15) is 9.59 Å². The molecule has 1 N–H and O–H groups in total. The Kier molecular flexibility index (Phi) is 4.20. The molecule has 6 heteroatoms. The van der Waals surface area contributed by atoms with Crippen molar-refractivity contribution in [3.8, 4) is 0 Å². The van der Waals surface area contributed by atoms with E-state index in [4.69, 9.17) is 0 Å². The van der Waals surface area contributed by atoms with Crippen LogP contribution < -0.4 is 10.9 Å². The first-order chi connectivity index (χ1) is 10.7. The number of nitrogens with zero attached hydrogens (tertiary/aromatic N) is 3. The van der Waals surface area contributed by atoms with Gasteiger partial charge in [-0.3, -0.25) is 14.0 Å². The molecule has 0 aliphatic carbocycles. The Hall–Kier alpha value is -2.21.